The number of furan rings is 1. The summed E-state index contributed by atoms with van der Waals surface area (Å²) in [4.78, 5) is 40.3. The Morgan fingerprint density at radius 1 is 0.875 bits per heavy atom. The van der Waals surface area contributed by atoms with E-state index in [0.717, 1.165) is 16.5 Å². The monoisotopic (exact) mass is 430 g/mol. The smallest absolute Gasteiger partial charge is 0.313 e. The van der Waals surface area contributed by atoms with Crippen LogP contribution in [0.1, 0.15) is 21.7 Å². The zero-order valence-electron chi connectivity index (χ0n) is 17.2. The predicted molar refractivity (Wildman–Crippen MR) is 120 cm³/mol. The molecule has 2 heterocycles. The highest BCUT2D eigenvalue weighted by Crippen LogP contribution is 2.18. The van der Waals surface area contributed by atoms with Gasteiger partial charge in [-0.3, -0.25) is 14.4 Å². The maximum absolute atomic E-state index is 12.5. The van der Waals surface area contributed by atoms with Crippen molar-refractivity contribution in [1.82, 2.24) is 15.6 Å². The molecule has 0 radical (unpaired) electrons. The first-order chi connectivity index (χ1) is 15.6. The summed E-state index contributed by atoms with van der Waals surface area (Å²) < 4.78 is 5.19. The number of anilines is 1. The molecule has 0 bridgehead atoms. The van der Waals surface area contributed by atoms with E-state index in [1.165, 1.54) is 6.26 Å². The molecule has 2 aromatic heterocycles. The first-order valence-electron chi connectivity index (χ1n) is 10.2. The second-order valence-electron chi connectivity index (χ2n) is 7.13. The first kappa shape index (κ1) is 20.9. The molecule has 4 N–H and O–H groups in total. The van der Waals surface area contributed by atoms with E-state index in [1.54, 1.807) is 36.4 Å². The fourth-order valence-electron chi connectivity index (χ4n) is 3.37. The highest BCUT2D eigenvalue weighted by atomic mass is 16.3. The van der Waals surface area contributed by atoms with Crippen molar-refractivity contribution in [2.24, 2.45) is 0 Å². The molecule has 32 heavy (non-hydrogen) atoms. The predicted octanol–water partition coefficient (Wildman–Crippen LogP) is 2.99. The molecule has 4 rings (SSSR count). The average Bonchev–Trinajstić information content (AvgIpc) is 3.48. The van der Waals surface area contributed by atoms with Crippen molar-refractivity contribution >= 4 is 34.3 Å². The minimum absolute atomic E-state index is 0.211. The number of amides is 3. The second kappa shape index (κ2) is 9.65. The van der Waals surface area contributed by atoms with Gasteiger partial charge in [-0.2, -0.15) is 0 Å². The number of nitrogens with one attached hydrogen (secondary N) is 4. The highest BCUT2D eigenvalue weighted by Gasteiger charge is 2.18. The minimum atomic E-state index is -0.838. The molecule has 0 aliphatic heterocycles. The largest absolute Gasteiger partial charge is 0.467 e. The van der Waals surface area contributed by atoms with Crippen molar-refractivity contribution in [2.75, 3.05) is 11.9 Å². The molecule has 8 heteroatoms. The Morgan fingerprint density at radius 3 is 2.53 bits per heavy atom. The molecule has 3 amide bonds. The van der Waals surface area contributed by atoms with Gasteiger partial charge in [-0.1, -0.05) is 30.3 Å². The minimum Gasteiger partial charge on any atom is -0.467 e. The number of aromatic amines is 1. The number of carbonyl (C=O) groups is 3. The topological polar surface area (TPSA) is 116 Å². The summed E-state index contributed by atoms with van der Waals surface area (Å²) in [7, 11) is 0. The van der Waals surface area contributed by atoms with Crippen LogP contribution in [-0.4, -0.2) is 29.3 Å². The van der Waals surface area contributed by atoms with Crippen molar-refractivity contribution in [3.63, 3.8) is 0 Å². The van der Waals surface area contributed by atoms with Crippen LogP contribution in [0, 0.1) is 0 Å². The fourth-order valence-corrected chi connectivity index (χ4v) is 3.37. The van der Waals surface area contributed by atoms with E-state index in [4.69, 9.17) is 4.42 Å². The number of benzene rings is 2. The van der Waals surface area contributed by atoms with Crippen LogP contribution in [0.5, 0.6) is 0 Å². The molecule has 0 fully saturated rings. The molecule has 0 saturated heterocycles. The van der Waals surface area contributed by atoms with E-state index in [-0.39, 0.29) is 17.8 Å². The van der Waals surface area contributed by atoms with Gasteiger partial charge >= 0.3 is 11.8 Å². The summed E-state index contributed by atoms with van der Waals surface area (Å²) in [6.07, 6.45) is 4.00. The van der Waals surface area contributed by atoms with Gasteiger partial charge in [-0.15, -0.1) is 0 Å². The van der Waals surface area contributed by atoms with Crippen LogP contribution in [0.2, 0.25) is 0 Å². The van der Waals surface area contributed by atoms with E-state index in [2.05, 4.69) is 20.9 Å². The van der Waals surface area contributed by atoms with Gasteiger partial charge in [0.25, 0.3) is 5.91 Å². The maximum atomic E-state index is 12.5. The third-order valence-corrected chi connectivity index (χ3v) is 4.98. The lowest BCUT2D eigenvalue weighted by atomic mass is 10.1. The van der Waals surface area contributed by atoms with Crippen LogP contribution >= 0.6 is 0 Å². The van der Waals surface area contributed by atoms with E-state index in [1.807, 2.05) is 30.5 Å². The van der Waals surface area contributed by atoms with Gasteiger partial charge in [0.15, 0.2) is 0 Å². The standard InChI is InChI=1S/C24H22N4O4/c29-22(27-15-17-6-5-13-32-17)19-8-2-4-10-21(19)28-24(31)23(30)25-12-11-16-14-26-20-9-3-1-7-18(16)20/h1-10,13-14,26H,11-12,15H2,(H,25,30)(H,27,29)(H,28,31). The first-order valence-corrected chi connectivity index (χ1v) is 10.2. The van der Waals surface area contributed by atoms with E-state index in [9.17, 15) is 14.4 Å². The quantitative estimate of drug-likeness (QED) is 0.337. The molecular weight excluding hydrogens is 408 g/mol. The van der Waals surface area contributed by atoms with Gasteiger partial charge < -0.3 is 25.4 Å². The van der Waals surface area contributed by atoms with Gasteiger partial charge in [-0.05, 0) is 42.3 Å². The van der Waals surface area contributed by atoms with E-state index >= 15 is 0 Å². The van der Waals surface area contributed by atoms with E-state index in [0.29, 0.717) is 18.7 Å². The van der Waals surface area contributed by atoms with Gasteiger partial charge in [0.05, 0.1) is 24.1 Å². The molecule has 0 atom stereocenters. The Labute approximate surface area is 184 Å². The molecule has 0 saturated carbocycles. The molecule has 0 aliphatic carbocycles. The number of fused-ring (bicyclic) bond motifs is 1. The van der Waals surface area contributed by atoms with Gasteiger partial charge in [-0.25, -0.2) is 0 Å². The summed E-state index contributed by atoms with van der Waals surface area (Å²) in [5.41, 5.74) is 2.58. The molecule has 2 aromatic carbocycles. The third-order valence-electron chi connectivity index (χ3n) is 4.98. The van der Waals surface area contributed by atoms with Crippen molar-refractivity contribution in [3.05, 3.63) is 90.0 Å². The Kier molecular flexibility index (Phi) is 6.31. The number of carbonyl (C=O) groups excluding carboxylic acids is 3. The Morgan fingerprint density at radius 2 is 1.69 bits per heavy atom. The maximum Gasteiger partial charge on any atom is 0.313 e. The van der Waals surface area contributed by atoms with Crippen molar-refractivity contribution in [2.45, 2.75) is 13.0 Å². The number of rotatable bonds is 7. The summed E-state index contributed by atoms with van der Waals surface area (Å²) >= 11 is 0. The Hall–Kier alpha value is -4.33. The van der Waals surface area contributed by atoms with Crippen LogP contribution < -0.4 is 16.0 Å². The molecule has 162 valence electrons. The van der Waals surface area contributed by atoms with Crippen LogP contribution in [0.15, 0.2) is 77.5 Å². The number of hydrogen-bond donors (Lipinski definition) is 4. The zero-order valence-corrected chi connectivity index (χ0v) is 17.2. The van der Waals surface area contributed by atoms with Crippen LogP contribution in [0.4, 0.5) is 5.69 Å². The van der Waals surface area contributed by atoms with Gasteiger partial charge in [0.2, 0.25) is 0 Å². The molecule has 4 aromatic rings. The lowest BCUT2D eigenvalue weighted by Crippen LogP contribution is -2.37. The van der Waals surface area contributed by atoms with Crippen molar-refractivity contribution in [1.29, 1.82) is 0 Å². The lowest BCUT2D eigenvalue weighted by molar-refractivity contribution is -0.136. The molecule has 0 aliphatic rings. The second-order valence-corrected chi connectivity index (χ2v) is 7.13. The van der Waals surface area contributed by atoms with Crippen LogP contribution in [0.25, 0.3) is 10.9 Å². The lowest BCUT2D eigenvalue weighted by Gasteiger charge is -2.11. The summed E-state index contributed by atoms with van der Waals surface area (Å²) in [6.45, 7) is 0.516. The Bertz CT molecular complexity index is 1240. The van der Waals surface area contributed by atoms with Gasteiger partial charge in [0.1, 0.15) is 5.76 Å². The SMILES string of the molecule is O=C(NCCc1c[nH]c2ccccc12)C(=O)Nc1ccccc1C(=O)NCc1ccco1. The normalized spacial score (nSPS) is 10.6. The van der Waals surface area contributed by atoms with Gasteiger partial charge in [0, 0.05) is 23.6 Å². The van der Waals surface area contributed by atoms with Crippen molar-refractivity contribution in [3.8, 4) is 0 Å². The number of aromatic nitrogens is 1. The molecule has 0 unspecified atom stereocenters. The average molecular weight is 430 g/mol. The summed E-state index contributed by atoms with van der Waals surface area (Å²) in [5.74, 6) is -1.39. The number of H-pyrrole nitrogens is 1. The zero-order chi connectivity index (χ0) is 22.3. The molecule has 8 nitrogen and oxygen atoms in total. The number of para-hydroxylation sites is 2. The fraction of sp³-hybridized carbons (Fsp3) is 0.125. The van der Waals surface area contributed by atoms with Crippen LogP contribution in [-0.2, 0) is 22.6 Å². The van der Waals surface area contributed by atoms with E-state index < -0.39 is 17.7 Å². The molecular formula is C24H22N4O4. The van der Waals surface area contributed by atoms with Crippen molar-refractivity contribution < 1.29 is 18.8 Å². The molecule has 0 spiro atoms. The number of hydrogen-bond acceptors (Lipinski definition) is 4. The summed E-state index contributed by atoms with van der Waals surface area (Å²) in [5, 5.41) is 8.94. The Balaban J connectivity index is 1.32. The van der Waals surface area contributed by atoms with Crippen LogP contribution in [0.3, 0.4) is 0 Å². The summed E-state index contributed by atoms with van der Waals surface area (Å²) in [6, 6.07) is 17.9. The third kappa shape index (κ3) is 4.86. The highest BCUT2D eigenvalue weighted by molar-refractivity contribution is 6.40.